The van der Waals surface area contributed by atoms with Gasteiger partial charge in [-0.15, -0.1) is 0 Å². The highest BCUT2D eigenvalue weighted by atomic mass is 19.4. The van der Waals surface area contributed by atoms with Crippen LogP contribution in [-0.2, 0) is 16.1 Å². The van der Waals surface area contributed by atoms with Crippen LogP contribution in [0.3, 0.4) is 0 Å². The molecule has 0 aliphatic heterocycles. The number of rotatable bonds is 7. The first kappa shape index (κ1) is 26.5. The smallest absolute Gasteiger partial charge is 0.436 e. The largest absolute Gasteiger partial charge is 0.490 e. The van der Waals surface area contributed by atoms with Gasteiger partial charge in [0, 0.05) is 34.5 Å². The lowest BCUT2D eigenvalue weighted by Gasteiger charge is -2.16. The van der Waals surface area contributed by atoms with Gasteiger partial charge in [-0.3, -0.25) is 20.6 Å². The van der Waals surface area contributed by atoms with E-state index in [2.05, 4.69) is 25.2 Å². The standard InChI is InChI=1S/C28H21F3N6O3/c29-28(30,31)27(39)40-25(32)18-8-6-17(7-9-18)23-20(16-4-2-1-3-5-16)14-21-22(36-23)11-12-33-24(21)26(38)34-15-19-10-13-35-37-19/h1-14,25H,15,32H2,(H,34,38)(H,35,37). The normalized spacial score (nSPS) is 12.2. The number of esters is 1. The molecular weight excluding hydrogens is 525 g/mol. The second kappa shape index (κ2) is 10.9. The molecule has 1 amide bonds. The number of pyridine rings is 2. The van der Waals surface area contributed by atoms with Crippen LogP contribution in [0.15, 0.2) is 85.2 Å². The molecule has 1 atom stereocenters. The van der Waals surface area contributed by atoms with Gasteiger partial charge in [-0.05, 0) is 23.8 Å². The van der Waals surface area contributed by atoms with Crippen molar-refractivity contribution in [2.45, 2.75) is 18.9 Å². The van der Waals surface area contributed by atoms with Crippen LogP contribution in [0.4, 0.5) is 13.2 Å². The first-order chi connectivity index (χ1) is 19.2. The van der Waals surface area contributed by atoms with Crippen LogP contribution < -0.4 is 11.1 Å². The highest BCUT2D eigenvalue weighted by Crippen LogP contribution is 2.34. The lowest BCUT2D eigenvalue weighted by molar-refractivity contribution is -0.205. The zero-order chi connectivity index (χ0) is 28.3. The maximum atomic E-state index is 13.0. The van der Waals surface area contributed by atoms with Crippen molar-refractivity contribution in [1.29, 1.82) is 0 Å². The molecule has 3 heterocycles. The maximum Gasteiger partial charge on any atom is 0.490 e. The Balaban J connectivity index is 1.52. The van der Waals surface area contributed by atoms with E-state index in [0.717, 1.165) is 11.3 Å². The fourth-order valence-corrected chi connectivity index (χ4v) is 4.06. The van der Waals surface area contributed by atoms with Crippen molar-refractivity contribution in [2.24, 2.45) is 5.73 Å². The number of halogens is 3. The Kier molecular flexibility index (Phi) is 7.25. The quantitative estimate of drug-likeness (QED) is 0.199. The second-order valence-electron chi connectivity index (χ2n) is 8.69. The Bertz CT molecular complexity index is 1660. The fourth-order valence-electron chi connectivity index (χ4n) is 4.06. The molecule has 0 aliphatic carbocycles. The van der Waals surface area contributed by atoms with E-state index in [9.17, 15) is 22.8 Å². The summed E-state index contributed by atoms with van der Waals surface area (Å²) in [7, 11) is 0. The number of amides is 1. The van der Waals surface area contributed by atoms with Gasteiger partial charge in [0.2, 0.25) is 0 Å². The number of nitrogens with one attached hydrogen (secondary N) is 2. The molecule has 3 aromatic heterocycles. The molecule has 0 saturated carbocycles. The number of nitrogens with two attached hydrogens (primary N) is 1. The van der Waals surface area contributed by atoms with Crippen LogP contribution >= 0.6 is 0 Å². The van der Waals surface area contributed by atoms with Crippen LogP contribution in [-0.4, -0.2) is 38.2 Å². The van der Waals surface area contributed by atoms with Crippen LogP contribution in [0.1, 0.15) is 28.0 Å². The van der Waals surface area contributed by atoms with E-state index in [1.54, 1.807) is 30.5 Å². The third-order valence-corrected chi connectivity index (χ3v) is 6.02. The summed E-state index contributed by atoms with van der Waals surface area (Å²) in [5.74, 6) is -2.76. The Hall–Kier alpha value is -5.10. The van der Waals surface area contributed by atoms with Crippen molar-refractivity contribution in [2.75, 3.05) is 0 Å². The van der Waals surface area contributed by atoms with Crippen LogP contribution in [0.5, 0.6) is 0 Å². The summed E-state index contributed by atoms with van der Waals surface area (Å²) in [5.41, 5.74) is 9.98. The molecule has 0 spiro atoms. The van der Waals surface area contributed by atoms with Gasteiger partial charge in [0.15, 0.2) is 6.23 Å². The van der Waals surface area contributed by atoms with E-state index in [1.807, 2.05) is 36.4 Å². The van der Waals surface area contributed by atoms with Crippen molar-refractivity contribution in [1.82, 2.24) is 25.5 Å². The molecule has 202 valence electrons. The average Bonchev–Trinajstić information content (AvgIpc) is 3.49. The zero-order valence-corrected chi connectivity index (χ0v) is 20.6. The number of aromatic amines is 1. The Morgan fingerprint density at radius 1 is 0.975 bits per heavy atom. The summed E-state index contributed by atoms with van der Waals surface area (Å²) >= 11 is 0. The number of hydrogen-bond donors (Lipinski definition) is 3. The van der Waals surface area contributed by atoms with Crippen LogP contribution in [0.25, 0.3) is 33.3 Å². The van der Waals surface area contributed by atoms with Gasteiger partial charge in [-0.2, -0.15) is 18.3 Å². The Morgan fingerprint density at radius 2 is 1.73 bits per heavy atom. The number of H-pyrrole nitrogens is 1. The van der Waals surface area contributed by atoms with E-state index in [4.69, 9.17) is 10.7 Å². The van der Waals surface area contributed by atoms with Gasteiger partial charge < -0.3 is 10.1 Å². The summed E-state index contributed by atoms with van der Waals surface area (Å²) < 4.78 is 42.0. The van der Waals surface area contributed by atoms with Crippen molar-refractivity contribution >= 4 is 22.8 Å². The first-order valence-corrected chi connectivity index (χ1v) is 12.0. The van der Waals surface area contributed by atoms with Crippen molar-refractivity contribution in [3.63, 3.8) is 0 Å². The molecule has 5 aromatic rings. The second-order valence-corrected chi connectivity index (χ2v) is 8.69. The monoisotopic (exact) mass is 546 g/mol. The van der Waals surface area contributed by atoms with Gasteiger partial charge in [-0.1, -0.05) is 54.6 Å². The number of alkyl halides is 3. The number of carbonyl (C=O) groups excluding carboxylic acids is 2. The predicted octanol–water partition coefficient (Wildman–Crippen LogP) is 4.68. The van der Waals surface area contributed by atoms with Gasteiger partial charge >= 0.3 is 12.1 Å². The minimum Gasteiger partial charge on any atom is -0.436 e. The van der Waals surface area contributed by atoms with Crippen molar-refractivity contribution in [3.8, 4) is 22.4 Å². The third kappa shape index (κ3) is 5.66. The first-order valence-electron chi connectivity index (χ1n) is 12.0. The maximum absolute atomic E-state index is 13.0. The number of aromatic nitrogens is 4. The average molecular weight is 547 g/mol. The molecule has 4 N–H and O–H groups in total. The Labute approximate surface area is 225 Å². The summed E-state index contributed by atoms with van der Waals surface area (Å²) in [6.07, 6.45) is -3.68. The van der Waals surface area contributed by atoms with Crippen LogP contribution in [0.2, 0.25) is 0 Å². The van der Waals surface area contributed by atoms with Gasteiger partial charge in [0.1, 0.15) is 5.69 Å². The number of nitrogens with zero attached hydrogens (tertiary/aromatic N) is 3. The van der Waals surface area contributed by atoms with E-state index in [-0.39, 0.29) is 23.7 Å². The molecule has 1 unspecified atom stereocenters. The van der Waals surface area contributed by atoms with E-state index in [0.29, 0.717) is 27.7 Å². The summed E-state index contributed by atoms with van der Waals surface area (Å²) in [6, 6.07) is 20.8. The molecule has 9 nitrogen and oxygen atoms in total. The molecule has 0 radical (unpaired) electrons. The van der Waals surface area contributed by atoms with E-state index < -0.39 is 18.4 Å². The molecule has 12 heteroatoms. The van der Waals surface area contributed by atoms with Crippen molar-refractivity contribution < 1.29 is 27.5 Å². The summed E-state index contributed by atoms with van der Waals surface area (Å²) in [4.78, 5) is 33.3. The molecule has 0 aliphatic rings. The molecule has 0 saturated heterocycles. The molecule has 0 bridgehead atoms. The van der Waals surface area contributed by atoms with Gasteiger partial charge in [0.25, 0.3) is 5.91 Å². The minimum absolute atomic E-state index is 0.170. The molecule has 40 heavy (non-hydrogen) atoms. The minimum atomic E-state index is -5.15. The molecule has 2 aromatic carbocycles. The van der Waals surface area contributed by atoms with Crippen LogP contribution in [0, 0.1) is 0 Å². The van der Waals surface area contributed by atoms with Gasteiger partial charge in [-0.25, -0.2) is 9.78 Å². The Morgan fingerprint density at radius 3 is 2.40 bits per heavy atom. The van der Waals surface area contributed by atoms with Gasteiger partial charge in [0.05, 0.1) is 23.4 Å². The number of ether oxygens (including phenoxy) is 1. The summed E-state index contributed by atoms with van der Waals surface area (Å²) in [6.45, 7) is 0.237. The van der Waals surface area contributed by atoms with E-state index >= 15 is 0 Å². The lowest BCUT2D eigenvalue weighted by Crippen LogP contribution is -2.29. The number of fused-ring (bicyclic) bond motifs is 1. The SMILES string of the molecule is NC(OC(=O)C(F)(F)F)c1ccc(-c2nc3ccnc(C(=O)NCc4ccn[nH]4)c3cc2-c2ccccc2)cc1. The highest BCUT2D eigenvalue weighted by Gasteiger charge is 2.42. The summed E-state index contributed by atoms with van der Waals surface area (Å²) in [5, 5.41) is 10.0. The number of benzene rings is 2. The zero-order valence-electron chi connectivity index (χ0n) is 20.6. The highest BCUT2D eigenvalue weighted by molar-refractivity contribution is 6.06. The lowest BCUT2D eigenvalue weighted by atomic mass is 9.96. The molecular formula is C28H21F3N6O3. The fraction of sp³-hybridized carbons (Fsp3) is 0.107. The third-order valence-electron chi connectivity index (χ3n) is 6.02. The van der Waals surface area contributed by atoms with E-state index in [1.165, 1.54) is 18.3 Å². The predicted molar refractivity (Wildman–Crippen MR) is 139 cm³/mol. The topological polar surface area (TPSA) is 136 Å². The molecule has 5 rings (SSSR count). The molecule has 0 fully saturated rings. The number of hydrogen-bond acceptors (Lipinski definition) is 7. The van der Waals surface area contributed by atoms with Crippen molar-refractivity contribution in [3.05, 3.63) is 102 Å². The number of carbonyl (C=O) groups is 2.